The first-order valence-corrected chi connectivity index (χ1v) is 9.99. The van der Waals surface area contributed by atoms with Crippen LogP contribution in [0.2, 0.25) is 0 Å². The van der Waals surface area contributed by atoms with E-state index in [1.807, 2.05) is 0 Å². The van der Waals surface area contributed by atoms with E-state index in [-0.39, 0.29) is 5.41 Å². The van der Waals surface area contributed by atoms with Crippen molar-refractivity contribution >= 4 is 5.96 Å². The summed E-state index contributed by atoms with van der Waals surface area (Å²) in [5.74, 6) is 2.97. The van der Waals surface area contributed by atoms with E-state index < -0.39 is 0 Å². The number of nitrogens with one attached hydrogen (secondary N) is 2. The lowest BCUT2D eigenvalue weighted by molar-refractivity contribution is 0.318. The maximum atomic E-state index is 4.73. The Labute approximate surface area is 152 Å². The van der Waals surface area contributed by atoms with Crippen molar-refractivity contribution in [2.75, 3.05) is 13.1 Å². The van der Waals surface area contributed by atoms with Crippen LogP contribution in [0.15, 0.2) is 4.99 Å². The van der Waals surface area contributed by atoms with E-state index in [4.69, 9.17) is 4.99 Å². The molecule has 0 aliphatic carbocycles. The lowest BCUT2D eigenvalue weighted by Crippen LogP contribution is -2.42. The number of unbranched alkanes of at least 4 members (excludes halogenated alkanes) is 2. The van der Waals surface area contributed by atoms with Gasteiger partial charge in [0.05, 0.1) is 0 Å². The molecule has 0 atom stereocenters. The standard InChI is InChI=1S/C19H36N6/c1-5-7-9-12-19(3,4)15-22-18(20-6-2)21-14-17-24-23-16-11-8-10-13-25(16)17/h5-15H2,1-4H3,(H2,20,21,22). The molecule has 1 aliphatic rings. The van der Waals surface area contributed by atoms with Crippen molar-refractivity contribution in [2.45, 2.75) is 85.7 Å². The van der Waals surface area contributed by atoms with Crippen LogP contribution in [0.25, 0.3) is 0 Å². The normalized spacial score (nSPS) is 15.1. The predicted octanol–water partition coefficient (Wildman–Crippen LogP) is 3.28. The van der Waals surface area contributed by atoms with Crippen LogP contribution in [0.3, 0.4) is 0 Å². The molecule has 25 heavy (non-hydrogen) atoms. The van der Waals surface area contributed by atoms with Crippen LogP contribution in [-0.4, -0.2) is 33.8 Å². The van der Waals surface area contributed by atoms with Gasteiger partial charge in [0.2, 0.25) is 0 Å². The number of aliphatic imine (C=N–C) groups is 1. The molecule has 6 nitrogen and oxygen atoms in total. The Bertz CT molecular complexity index is 546. The third-order valence-electron chi connectivity index (χ3n) is 4.85. The van der Waals surface area contributed by atoms with Crippen LogP contribution in [0, 0.1) is 5.41 Å². The van der Waals surface area contributed by atoms with Crippen molar-refractivity contribution in [1.29, 1.82) is 0 Å². The van der Waals surface area contributed by atoms with Gasteiger partial charge in [-0.1, -0.05) is 40.0 Å². The number of aryl methyl sites for hydroxylation is 1. The maximum Gasteiger partial charge on any atom is 0.191 e. The minimum atomic E-state index is 0.277. The van der Waals surface area contributed by atoms with E-state index >= 15 is 0 Å². The fourth-order valence-corrected chi connectivity index (χ4v) is 3.24. The summed E-state index contributed by atoms with van der Waals surface area (Å²) in [4.78, 5) is 4.73. The quantitative estimate of drug-likeness (QED) is 0.408. The number of rotatable bonds is 9. The van der Waals surface area contributed by atoms with Crippen molar-refractivity contribution in [2.24, 2.45) is 10.4 Å². The summed E-state index contributed by atoms with van der Waals surface area (Å²) in [5, 5.41) is 15.5. The van der Waals surface area contributed by atoms with Gasteiger partial charge in [-0.05, 0) is 31.6 Å². The van der Waals surface area contributed by atoms with Gasteiger partial charge in [-0.15, -0.1) is 10.2 Å². The monoisotopic (exact) mass is 348 g/mol. The number of aromatic nitrogens is 3. The molecule has 2 rings (SSSR count). The fraction of sp³-hybridized carbons (Fsp3) is 0.842. The van der Waals surface area contributed by atoms with Crippen molar-refractivity contribution in [3.8, 4) is 0 Å². The molecule has 2 N–H and O–H groups in total. The Hall–Kier alpha value is -1.59. The average molecular weight is 349 g/mol. The lowest BCUT2D eigenvalue weighted by Gasteiger charge is -2.26. The van der Waals surface area contributed by atoms with E-state index in [9.17, 15) is 0 Å². The van der Waals surface area contributed by atoms with Crippen LogP contribution in [0.1, 0.15) is 77.9 Å². The smallest absolute Gasteiger partial charge is 0.191 e. The summed E-state index contributed by atoms with van der Waals surface area (Å²) in [5.41, 5.74) is 0.277. The summed E-state index contributed by atoms with van der Waals surface area (Å²) in [6.07, 6.45) is 8.60. The maximum absolute atomic E-state index is 4.73. The largest absolute Gasteiger partial charge is 0.357 e. The molecular weight excluding hydrogens is 312 g/mol. The average Bonchev–Trinajstić information content (AvgIpc) is 3.01. The van der Waals surface area contributed by atoms with Crippen molar-refractivity contribution in [1.82, 2.24) is 25.4 Å². The zero-order valence-electron chi connectivity index (χ0n) is 16.6. The molecule has 142 valence electrons. The molecule has 0 bridgehead atoms. The summed E-state index contributed by atoms with van der Waals surface area (Å²) in [6.45, 7) is 12.4. The van der Waals surface area contributed by atoms with Crippen LogP contribution in [0.4, 0.5) is 0 Å². The van der Waals surface area contributed by atoms with Gasteiger partial charge < -0.3 is 15.2 Å². The SMILES string of the molecule is CCCCCC(C)(C)CNC(=NCc1nnc2n1CCCC2)NCC. The molecule has 0 amide bonds. The summed E-state index contributed by atoms with van der Waals surface area (Å²) in [7, 11) is 0. The molecule has 1 aliphatic heterocycles. The van der Waals surface area contributed by atoms with Gasteiger partial charge >= 0.3 is 0 Å². The van der Waals surface area contributed by atoms with Gasteiger partial charge in [-0.3, -0.25) is 0 Å². The highest BCUT2D eigenvalue weighted by Crippen LogP contribution is 2.22. The highest BCUT2D eigenvalue weighted by atomic mass is 15.3. The molecule has 1 aromatic rings. The Balaban J connectivity index is 1.91. The zero-order valence-corrected chi connectivity index (χ0v) is 16.6. The molecule has 0 saturated carbocycles. The van der Waals surface area contributed by atoms with Crippen molar-refractivity contribution < 1.29 is 0 Å². The summed E-state index contributed by atoms with van der Waals surface area (Å²) >= 11 is 0. The second-order valence-electron chi connectivity index (χ2n) is 7.81. The van der Waals surface area contributed by atoms with Crippen LogP contribution in [0.5, 0.6) is 0 Å². The van der Waals surface area contributed by atoms with E-state index in [0.717, 1.165) is 43.7 Å². The van der Waals surface area contributed by atoms with Gasteiger partial charge in [-0.25, -0.2) is 4.99 Å². The molecule has 1 aromatic heterocycles. The highest BCUT2D eigenvalue weighted by Gasteiger charge is 2.18. The van der Waals surface area contributed by atoms with Crippen LogP contribution < -0.4 is 10.6 Å². The summed E-state index contributed by atoms with van der Waals surface area (Å²) < 4.78 is 2.24. The topological polar surface area (TPSA) is 67.1 Å². The molecule has 0 fully saturated rings. The first kappa shape index (κ1) is 19.7. The van der Waals surface area contributed by atoms with Crippen LogP contribution >= 0.6 is 0 Å². The van der Waals surface area contributed by atoms with Gasteiger partial charge in [0, 0.05) is 26.1 Å². The first-order valence-electron chi connectivity index (χ1n) is 9.99. The van der Waals surface area contributed by atoms with E-state index in [1.165, 1.54) is 38.5 Å². The Kier molecular flexibility index (Phi) is 7.72. The number of hydrogen-bond donors (Lipinski definition) is 2. The number of fused-ring (bicyclic) bond motifs is 1. The molecule has 6 heteroatoms. The molecule has 2 heterocycles. The number of nitrogens with zero attached hydrogens (tertiary/aromatic N) is 4. The Morgan fingerprint density at radius 3 is 2.76 bits per heavy atom. The van der Waals surface area contributed by atoms with E-state index in [1.54, 1.807) is 0 Å². The van der Waals surface area contributed by atoms with E-state index in [2.05, 4.69) is 53.1 Å². The minimum Gasteiger partial charge on any atom is -0.357 e. The highest BCUT2D eigenvalue weighted by molar-refractivity contribution is 5.79. The third-order valence-corrected chi connectivity index (χ3v) is 4.85. The molecule has 0 radical (unpaired) electrons. The Morgan fingerprint density at radius 1 is 1.16 bits per heavy atom. The van der Waals surface area contributed by atoms with Crippen LogP contribution in [-0.2, 0) is 19.5 Å². The van der Waals surface area contributed by atoms with Crippen molar-refractivity contribution in [3.05, 3.63) is 11.6 Å². The van der Waals surface area contributed by atoms with Crippen molar-refractivity contribution in [3.63, 3.8) is 0 Å². The molecular formula is C19H36N6. The number of guanidine groups is 1. The molecule has 0 saturated heterocycles. The molecule has 0 aromatic carbocycles. The van der Waals surface area contributed by atoms with Gasteiger partial charge in [-0.2, -0.15) is 0 Å². The Morgan fingerprint density at radius 2 is 2.00 bits per heavy atom. The van der Waals surface area contributed by atoms with Gasteiger partial charge in [0.25, 0.3) is 0 Å². The molecule has 0 spiro atoms. The lowest BCUT2D eigenvalue weighted by atomic mass is 9.87. The first-order chi connectivity index (χ1) is 12.1. The number of hydrogen-bond acceptors (Lipinski definition) is 3. The van der Waals surface area contributed by atoms with Gasteiger partial charge in [0.1, 0.15) is 12.4 Å². The van der Waals surface area contributed by atoms with Gasteiger partial charge in [0.15, 0.2) is 11.8 Å². The van der Waals surface area contributed by atoms with E-state index in [0.29, 0.717) is 6.54 Å². The fourth-order valence-electron chi connectivity index (χ4n) is 3.24. The third kappa shape index (κ3) is 6.33. The second kappa shape index (κ2) is 9.78. The summed E-state index contributed by atoms with van der Waals surface area (Å²) in [6, 6.07) is 0. The minimum absolute atomic E-state index is 0.277. The zero-order chi connectivity index (χ0) is 18.1. The predicted molar refractivity (Wildman–Crippen MR) is 104 cm³/mol. The molecule has 0 unspecified atom stereocenters. The second-order valence-corrected chi connectivity index (χ2v) is 7.81.